The zero-order chi connectivity index (χ0) is 6.85. The van der Waals surface area contributed by atoms with Crippen LogP contribution in [-0.2, 0) is 9.53 Å². The average molecular weight is 128 g/mol. The molecule has 0 aromatic carbocycles. The molecule has 52 valence electrons. The Hall–Kier alpha value is -0.530. The Morgan fingerprint density at radius 2 is 2.11 bits per heavy atom. The van der Waals surface area contributed by atoms with Gasteiger partial charge in [0.15, 0.2) is 0 Å². The molecule has 1 saturated heterocycles. The maximum absolute atomic E-state index is 10.6. The zero-order valence-corrected chi connectivity index (χ0v) is 5.89. The lowest BCUT2D eigenvalue weighted by atomic mass is 9.92. The van der Waals surface area contributed by atoms with Crippen LogP contribution in [0.3, 0.4) is 0 Å². The Morgan fingerprint density at radius 1 is 1.44 bits per heavy atom. The Bertz CT molecular complexity index is 120. The van der Waals surface area contributed by atoms with Crippen LogP contribution in [0.1, 0.15) is 26.7 Å². The summed E-state index contributed by atoms with van der Waals surface area (Å²) in [6.45, 7) is 4.06. The number of carbonyl (C=O) groups is 1. The lowest BCUT2D eigenvalue weighted by Crippen LogP contribution is -2.44. The van der Waals surface area contributed by atoms with Gasteiger partial charge in [0.1, 0.15) is 6.10 Å². The Balaban J connectivity index is 2.38. The van der Waals surface area contributed by atoms with E-state index in [1.807, 2.05) is 13.8 Å². The summed E-state index contributed by atoms with van der Waals surface area (Å²) < 4.78 is 4.85. The van der Waals surface area contributed by atoms with Gasteiger partial charge in [0.05, 0.1) is 5.92 Å². The van der Waals surface area contributed by atoms with E-state index < -0.39 is 0 Å². The van der Waals surface area contributed by atoms with E-state index in [0.717, 1.165) is 12.8 Å². The maximum Gasteiger partial charge on any atom is 0.312 e. The van der Waals surface area contributed by atoms with Gasteiger partial charge in [-0.25, -0.2) is 0 Å². The monoisotopic (exact) mass is 128 g/mol. The molecule has 0 aromatic heterocycles. The summed E-state index contributed by atoms with van der Waals surface area (Å²) in [4.78, 5) is 10.6. The van der Waals surface area contributed by atoms with Gasteiger partial charge >= 0.3 is 5.97 Å². The number of esters is 1. The highest BCUT2D eigenvalue weighted by atomic mass is 16.6. The van der Waals surface area contributed by atoms with Crippen LogP contribution in [-0.4, -0.2) is 12.1 Å². The lowest BCUT2D eigenvalue weighted by molar-refractivity contribution is -0.184. The minimum Gasteiger partial charge on any atom is -0.461 e. The molecule has 2 nitrogen and oxygen atoms in total. The molecule has 0 aliphatic carbocycles. The van der Waals surface area contributed by atoms with Crippen LogP contribution in [0.5, 0.6) is 0 Å². The normalized spacial score (nSPS) is 33.3. The summed E-state index contributed by atoms with van der Waals surface area (Å²) >= 11 is 0. The second-order valence-corrected chi connectivity index (χ2v) is 2.40. The summed E-state index contributed by atoms with van der Waals surface area (Å²) in [7, 11) is 0. The summed E-state index contributed by atoms with van der Waals surface area (Å²) in [6, 6.07) is 0. The molecular weight excluding hydrogens is 116 g/mol. The van der Waals surface area contributed by atoms with Crippen LogP contribution in [0.25, 0.3) is 0 Å². The van der Waals surface area contributed by atoms with Crippen molar-refractivity contribution in [2.45, 2.75) is 32.8 Å². The predicted octanol–water partition coefficient (Wildman–Crippen LogP) is 1.35. The van der Waals surface area contributed by atoms with Crippen LogP contribution in [0, 0.1) is 5.92 Å². The molecule has 0 amide bonds. The van der Waals surface area contributed by atoms with Gasteiger partial charge in [0, 0.05) is 0 Å². The minimum absolute atomic E-state index is 0.00986. The van der Waals surface area contributed by atoms with Gasteiger partial charge in [-0.1, -0.05) is 13.8 Å². The predicted molar refractivity (Wildman–Crippen MR) is 34.0 cm³/mol. The number of hydrogen-bond acceptors (Lipinski definition) is 2. The smallest absolute Gasteiger partial charge is 0.312 e. The molecule has 0 radical (unpaired) electrons. The molecule has 1 aliphatic heterocycles. The first-order valence-corrected chi connectivity index (χ1v) is 3.50. The number of rotatable bonds is 2. The highest BCUT2D eigenvalue weighted by Gasteiger charge is 2.39. The van der Waals surface area contributed by atoms with E-state index in [2.05, 4.69) is 0 Å². The van der Waals surface area contributed by atoms with Gasteiger partial charge in [0.25, 0.3) is 0 Å². The van der Waals surface area contributed by atoms with Gasteiger partial charge in [0.2, 0.25) is 0 Å². The molecule has 1 fully saturated rings. The Morgan fingerprint density at radius 3 is 2.33 bits per heavy atom. The SMILES string of the molecule is CC[C@@H]1C(=O)O[C@@H]1CC. The van der Waals surface area contributed by atoms with Crippen molar-refractivity contribution < 1.29 is 9.53 Å². The van der Waals surface area contributed by atoms with Crippen molar-refractivity contribution in [3.8, 4) is 0 Å². The number of ether oxygens (including phenoxy) is 1. The van der Waals surface area contributed by atoms with Gasteiger partial charge in [-0.15, -0.1) is 0 Å². The third kappa shape index (κ3) is 0.934. The Labute approximate surface area is 55.2 Å². The standard InChI is InChI=1S/C7H12O2/c1-3-5-6(4-2)9-7(5)8/h5-6H,3-4H2,1-2H3/t5-,6+/m0/s1. The van der Waals surface area contributed by atoms with E-state index in [4.69, 9.17) is 4.74 Å². The van der Waals surface area contributed by atoms with Crippen molar-refractivity contribution in [2.24, 2.45) is 5.92 Å². The summed E-state index contributed by atoms with van der Waals surface area (Å²) in [5, 5.41) is 0. The van der Waals surface area contributed by atoms with E-state index >= 15 is 0 Å². The molecule has 1 aliphatic rings. The molecule has 1 rings (SSSR count). The molecule has 0 N–H and O–H groups in total. The lowest BCUT2D eigenvalue weighted by Gasteiger charge is -2.33. The van der Waals surface area contributed by atoms with E-state index in [0.29, 0.717) is 0 Å². The maximum atomic E-state index is 10.6. The first-order chi connectivity index (χ1) is 4.29. The van der Waals surface area contributed by atoms with Crippen LogP contribution in [0.2, 0.25) is 0 Å². The molecule has 0 aromatic rings. The third-order valence-electron chi connectivity index (χ3n) is 1.86. The third-order valence-corrected chi connectivity index (χ3v) is 1.86. The van der Waals surface area contributed by atoms with Crippen LogP contribution >= 0.6 is 0 Å². The van der Waals surface area contributed by atoms with Crippen molar-refractivity contribution in [2.75, 3.05) is 0 Å². The second-order valence-electron chi connectivity index (χ2n) is 2.40. The van der Waals surface area contributed by atoms with Crippen molar-refractivity contribution in [1.82, 2.24) is 0 Å². The fourth-order valence-electron chi connectivity index (χ4n) is 1.20. The molecule has 0 unspecified atom stereocenters. The van der Waals surface area contributed by atoms with Gasteiger partial charge in [-0.3, -0.25) is 4.79 Å². The Kier molecular flexibility index (Phi) is 1.74. The summed E-state index contributed by atoms with van der Waals surface area (Å²) in [6.07, 6.45) is 2.11. The van der Waals surface area contributed by atoms with Gasteiger partial charge < -0.3 is 4.74 Å². The molecule has 2 heteroatoms. The number of cyclic esters (lactones) is 1. The van der Waals surface area contributed by atoms with Crippen LogP contribution in [0.4, 0.5) is 0 Å². The molecule has 2 atom stereocenters. The van der Waals surface area contributed by atoms with Crippen LogP contribution in [0.15, 0.2) is 0 Å². The van der Waals surface area contributed by atoms with E-state index in [1.54, 1.807) is 0 Å². The molecule has 9 heavy (non-hydrogen) atoms. The van der Waals surface area contributed by atoms with Crippen molar-refractivity contribution >= 4 is 5.97 Å². The van der Waals surface area contributed by atoms with E-state index in [-0.39, 0.29) is 18.0 Å². The average Bonchev–Trinajstić information content (AvgIpc) is 1.83. The highest BCUT2D eigenvalue weighted by Crippen LogP contribution is 2.27. The van der Waals surface area contributed by atoms with E-state index in [1.165, 1.54) is 0 Å². The van der Waals surface area contributed by atoms with Gasteiger partial charge in [-0.05, 0) is 12.8 Å². The second kappa shape index (κ2) is 2.38. The summed E-state index contributed by atoms with van der Waals surface area (Å²) in [5.41, 5.74) is 0. The molecule has 0 saturated carbocycles. The van der Waals surface area contributed by atoms with E-state index in [9.17, 15) is 4.79 Å². The molecule has 0 spiro atoms. The quantitative estimate of drug-likeness (QED) is 0.525. The zero-order valence-electron chi connectivity index (χ0n) is 5.89. The molecular formula is C7H12O2. The topological polar surface area (TPSA) is 26.3 Å². The summed E-state index contributed by atoms with van der Waals surface area (Å²) in [5.74, 6) is 0.194. The fourth-order valence-corrected chi connectivity index (χ4v) is 1.20. The first-order valence-electron chi connectivity index (χ1n) is 3.50. The van der Waals surface area contributed by atoms with Crippen LogP contribution < -0.4 is 0 Å². The van der Waals surface area contributed by atoms with Crippen molar-refractivity contribution in [3.63, 3.8) is 0 Å². The number of hydrogen-bond donors (Lipinski definition) is 0. The molecule has 0 bridgehead atoms. The first kappa shape index (κ1) is 6.59. The van der Waals surface area contributed by atoms with Gasteiger partial charge in [-0.2, -0.15) is 0 Å². The fraction of sp³-hybridized carbons (Fsp3) is 0.857. The minimum atomic E-state index is -0.00986. The number of carbonyl (C=O) groups excluding carboxylic acids is 1. The molecule has 1 heterocycles. The highest BCUT2D eigenvalue weighted by molar-refractivity contribution is 5.78. The largest absolute Gasteiger partial charge is 0.461 e. The van der Waals surface area contributed by atoms with Crippen molar-refractivity contribution in [1.29, 1.82) is 0 Å². The van der Waals surface area contributed by atoms with Crippen molar-refractivity contribution in [3.05, 3.63) is 0 Å².